The number of benzene rings is 2. The number of carbonyl (C=O) groups is 2. The lowest BCUT2D eigenvalue weighted by atomic mass is 10.3. The highest BCUT2D eigenvalue weighted by atomic mass is 35.5. The van der Waals surface area contributed by atoms with Crippen LogP contribution in [-0.2, 0) is 24.3 Å². The molecule has 2 aromatic rings. The van der Waals surface area contributed by atoms with Crippen molar-refractivity contribution in [1.29, 1.82) is 0 Å². The average Bonchev–Trinajstić information content (AvgIpc) is 2.60. The molecule has 10 heteroatoms. The third-order valence-electron chi connectivity index (χ3n) is 3.30. The van der Waals surface area contributed by atoms with Crippen molar-refractivity contribution in [3.63, 3.8) is 0 Å². The fourth-order valence-electron chi connectivity index (χ4n) is 2.00. The van der Waals surface area contributed by atoms with Crippen molar-refractivity contribution in [2.75, 3.05) is 11.9 Å². The third kappa shape index (κ3) is 6.02. The van der Waals surface area contributed by atoms with E-state index in [1.165, 1.54) is 25.1 Å². The van der Waals surface area contributed by atoms with Gasteiger partial charge in [0.1, 0.15) is 17.3 Å². The molecule has 0 aliphatic heterocycles. The Balaban J connectivity index is 1.89. The minimum Gasteiger partial charge on any atom is -0.452 e. The van der Waals surface area contributed by atoms with Crippen LogP contribution in [0, 0.1) is 5.82 Å². The molecule has 27 heavy (non-hydrogen) atoms. The van der Waals surface area contributed by atoms with E-state index in [2.05, 4.69) is 5.32 Å². The van der Waals surface area contributed by atoms with Gasteiger partial charge in [0.15, 0.2) is 6.10 Å². The summed E-state index contributed by atoms with van der Waals surface area (Å²) in [5.41, 5.74) is 0.413. The molecule has 2 N–H and O–H groups in total. The zero-order valence-corrected chi connectivity index (χ0v) is 15.7. The van der Waals surface area contributed by atoms with Gasteiger partial charge in [0, 0.05) is 10.7 Å². The van der Waals surface area contributed by atoms with Gasteiger partial charge in [0.25, 0.3) is 5.91 Å². The average molecular weight is 415 g/mol. The lowest BCUT2D eigenvalue weighted by Gasteiger charge is -2.14. The molecule has 0 spiro atoms. The molecule has 0 fully saturated rings. The van der Waals surface area contributed by atoms with Crippen molar-refractivity contribution >= 4 is 39.2 Å². The second kappa shape index (κ2) is 8.94. The summed E-state index contributed by atoms with van der Waals surface area (Å²) in [6.07, 6.45) is -1.19. The van der Waals surface area contributed by atoms with E-state index in [0.29, 0.717) is 10.7 Å². The van der Waals surface area contributed by atoms with E-state index in [0.717, 1.165) is 12.1 Å². The fourth-order valence-corrected chi connectivity index (χ4v) is 3.23. The molecule has 1 atom stereocenters. The van der Waals surface area contributed by atoms with Gasteiger partial charge in [-0.15, -0.1) is 0 Å². The maximum atomic E-state index is 13.6. The summed E-state index contributed by atoms with van der Waals surface area (Å²) < 4.78 is 44.4. The van der Waals surface area contributed by atoms with Crippen molar-refractivity contribution in [1.82, 2.24) is 4.72 Å². The number of hydrogen-bond acceptors (Lipinski definition) is 5. The molecule has 0 unspecified atom stereocenters. The molecule has 0 aliphatic carbocycles. The van der Waals surface area contributed by atoms with Gasteiger partial charge in [-0.3, -0.25) is 9.59 Å². The van der Waals surface area contributed by atoms with Crippen molar-refractivity contribution in [2.45, 2.75) is 17.9 Å². The third-order valence-corrected chi connectivity index (χ3v) is 4.97. The normalized spacial score (nSPS) is 12.3. The molecular formula is C17H16ClFN2O5S. The molecule has 144 valence electrons. The van der Waals surface area contributed by atoms with Gasteiger partial charge in [-0.05, 0) is 37.3 Å². The summed E-state index contributed by atoms with van der Waals surface area (Å²) in [7, 11) is -4.24. The quantitative estimate of drug-likeness (QED) is 0.677. The smallest absolute Gasteiger partial charge is 0.321 e. The molecule has 7 nitrogen and oxygen atoms in total. The molecule has 0 radical (unpaired) electrons. The highest BCUT2D eigenvalue weighted by Crippen LogP contribution is 2.15. The molecule has 0 aromatic heterocycles. The maximum Gasteiger partial charge on any atom is 0.321 e. The first-order valence-electron chi connectivity index (χ1n) is 7.69. The van der Waals surface area contributed by atoms with E-state index >= 15 is 0 Å². The molecular weight excluding hydrogens is 399 g/mol. The lowest BCUT2D eigenvalue weighted by Crippen LogP contribution is -2.36. The lowest BCUT2D eigenvalue weighted by molar-refractivity contribution is -0.151. The number of amides is 1. The fraction of sp³-hybridized carbons (Fsp3) is 0.176. The second-order valence-electron chi connectivity index (χ2n) is 5.39. The van der Waals surface area contributed by atoms with Gasteiger partial charge >= 0.3 is 5.97 Å². The molecule has 0 bridgehead atoms. The highest BCUT2D eigenvalue weighted by molar-refractivity contribution is 7.89. The molecule has 0 aliphatic rings. The largest absolute Gasteiger partial charge is 0.452 e. The van der Waals surface area contributed by atoms with Crippen LogP contribution in [-0.4, -0.2) is 32.9 Å². The zero-order chi connectivity index (χ0) is 20.0. The Morgan fingerprint density at radius 3 is 2.56 bits per heavy atom. The first-order chi connectivity index (χ1) is 12.7. The van der Waals surface area contributed by atoms with E-state index in [9.17, 15) is 22.4 Å². The number of hydrogen-bond donors (Lipinski definition) is 2. The number of nitrogens with one attached hydrogen (secondary N) is 2. The van der Waals surface area contributed by atoms with Crippen LogP contribution in [0.1, 0.15) is 6.92 Å². The number of esters is 1. The van der Waals surface area contributed by atoms with Crippen molar-refractivity contribution in [3.8, 4) is 0 Å². The predicted molar refractivity (Wildman–Crippen MR) is 97.2 cm³/mol. The Morgan fingerprint density at radius 1 is 1.19 bits per heavy atom. The minimum atomic E-state index is -4.24. The molecule has 0 saturated carbocycles. The van der Waals surface area contributed by atoms with Crippen molar-refractivity contribution in [3.05, 3.63) is 59.4 Å². The summed E-state index contributed by atoms with van der Waals surface area (Å²) in [5.74, 6) is -2.57. The van der Waals surface area contributed by atoms with Gasteiger partial charge in [-0.25, -0.2) is 12.8 Å². The van der Waals surface area contributed by atoms with Gasteiger partial charge < -0.3 is 10.1 Å². The number of carbonyl (C=O) groups excluding carboxylic acids is 2. The molecule has 0 heterocycles. The summed E-state index contributed by atoms with van der Waals surface area (Å²) in [6, 6.07) is 11.1. The van der Waals surface area contributed by atoms with Crippen molar-refractivity contribution in [2.24, 2.45) is 0 Å². The Morgan fingerprint density at radius 2 is 1.89 bits per heavy atom. The summed E-state index contributed by atoms with van der Waals surface area (Å²) in [4.78, 5) is 23.2. The van der Waals surface area contributed by atoms with Crippen LogP contribution >= 0.6 is 11.6 Å². The number of anilines is 1. The number of sulfonamides is 1. The predicted octanol–water partition coefficient (Wildman–Crippen LogP) is 2.33. The minimum absolute atomic E-state index is 0.413. The Kier molecular flexibility index (Phi) is 6.89. The van der Waals surface area contributed by atoms with Crippen LogP contribution in [0.2, 0.25) is 5.02 Å². The molecule has 0 saturated heterocycles. The highest BCUT2D eigenvalue weighted by Gasteiger charge is 2.22. The first-order valence-corrected chi connectivity index (χ1v) is 9.55. The van der Waals surface area contributed by atoms with Gasteiger partial charge in [-0.2, -0.15) is 4.72 Å². The summed E-state index contributed by atoms with van der Waals surface area (Å²) >= 11 is 5.81. The van der Waals surface area contributed by atoms with Crippen LogP contribution in [0.5, 0.6) is 0 Å². The van der Waals surface area contributed by atoms with Crippen LogP contribution in [0.3, 0.4) is 0 Å². The van der Waals surface area contributed by atoms with Gasteiger partial charge in [0.05, 0.1) is 0 Å². The maximum absolute atomic E-state index is 13.6. The van der Waals surface area contributed by atoms with E-state index in [1.54, 1.807) is 18.2 Å². The van der Waals surface area contributed by atoms with Crippen LogP contribution < -0.4 is 10.0 Å². The van der Waals surface area contributed by atoms with Gasteiger partial charge in [0.2, 0.25) is 10.0 Å². The molecule has 2 rings (SSSR count). The molecule has 1 amide bonds. The monoisotopic (exact) mass is 414 g/mol. The Hall–Kier alpha value is -2.49. The van der Waals surface area contributed by atoms with Gasteiger partial charge in [-0.1, -0.05) is 29.8 Å². The number of halogens is 2. The Bertz CT molecular complexity index is 952. The van der Waals surface area contributed by atoms with Crippen LogP contribution in [0.15, 0.2) is 53.4 Å². The van der Waals surface area contributed by atoms with E-state index in [4.69, 9.17) is 16.3 Å². The van der Waals surface area contributed by atoms with Crippen LogP contribution in [0.4, 0.5) is 10.1 Å². The second-order valence-corrected chi connectivity index (χ2v) is 7.56. The summed E-state index contributed by atoms with van der Waals surface area (Å²) in [5, 5.41) is 2.92. The topological polar surface area (TPSA) is 102 Å². The van der Waals surface area contributed by atoms with E-state index in [-0.39, 0.29) is 0 Å². The van der Waals surface area contributed by atoms with Crippen LogP contribution in [0.25, 0.3) is 0 Å². The standard InChI is InChI=1S/C17H16ClFN2O5S/c1-11(17(23)21-13-6-4-5-12(18)9-13)26-16(22)10-20-27(24,25)15-8-3-2-7-14(15)19/h2-9,11,20H,10H2,1H3,(H,21,23)/t11-/m1/s1. The SMILES string of the molecule is C[C@@H](OC(=O)CNS(=O)(=O)c1ccccc1F)C(=O)Nc1cccc(Cl)c1. The Labute approximate surface area is 160 Å². The molecule has 2 aromatic carbocycles. The zero-order valence-electron chi connectivity index (χ0n) is 14.1. The number of rotatable bonds is 7. The van der Waals surface area contributed by atoms with E-state index in [1.807, 2.05) is 4.72 Å². The number of ether oxygens (including phenoxy) is 1. The summed E-state index contributed by atoms with van der Waals surface area (Å²) in [6.45, 7) is 0.564. The van der Waals surface area contributed by atoms with E-state index < -0.39 is 45.3 Å². The first kappa shape index (κ1) is 20.8. The van der Waals surface area contributed by atoms with Crippen molar-refractivity contribution < 1.29 is 27.1 Å².